The first-order valence-corrected chi connectivity index (χ1v) is 7.57. The van der Waals surface area contributed by atoms with Crippen molar-refractivity contribution in [2.75, 3.05) is 6.54 Å². The van der Waals surface area contributed by atoms with Gasteiger partial charge in [-0.1, -0.05) is 24.3 Å². The fourth-order valence-electron chi connectivity index (χ4n) is 2.29. The van der Waals surface area contributed by atoms with E-state index in [-0.39, 0.29) is 5.91 Å². The summed E-state index contributed by atoms with van der Waals surface area (Å²) in [6.07, 6.45) is -2.20. The molecule has 2 aromatic rings. The van der Waals surface area contributed by atoms with Crippen LogP contribution in [0.15, 0.2) is 48.7 Å². The predicted octanol–water partition coefficient (Wildman–Crippen LogP) is 3.74. The van der Waals surface area contributed by atoms with E-state index in [0.29, 0.717) is 18.5 Å². The molecule has 0 unspecified atom stereocenters. The van der Waals surface area contributed by atoms with Crippen LogP contribution in [0.1, 0.15) is 30.7 Å². The standard InChI is InChI=1S/C18H19F3N2O/c1-17(2,13-6-5-7-14(12-13)18(19,20)21)16(24)23-11-9-15-8-3-4-10-22-15/h3-8,10,12H,9,11H2,1-2H3,(H,23,24). The van der Waals surface area contributed by atoms with Crippen LogP contribution in [0.2, 0.25) is 0 Å². The third-order valence-corrected chi connectivity index (χ3v) is 3.87. The molecule has 0 aliphatic carbocycles. The van der Waals surface area contributed by atoms with E-state index in [2.05, 4.69) is 10.3 Å². The molecule has 1 heterocycles. The normalized spacial score (nSPS) is 12.0. The highest BCUT2D eigenvalue weighted by molar-refractivity contribution is 5.87. The van der Waals surface area contributed by atoms with Crippen molar-refractivity contribution in [3.05, 3.63) is 65.5 Å². The van der Waals surface area contributed by atoms with Crippen LogP contribution >= 0.6 is 0 Å². The molecule has 1 N–H and O–H groups in total. The minimum absolute atomic E-state index is 0.322. The molecule has 0 bridgehead atoms. The Morgan fingerprint density at radius 3 is 2.42 bits per heavy atom. The number of hydrogen-bond donors (Lipinski definition) is 1. The lowest BCUT2D eigenvalue weighted by Crippen LogP contribution is -2.41. The fraction of sp³-hybridized carbons (Fsp3) is 0.333. The molecule has 0 saturated heterocycles. The van der Waals surface area contributed by atoms with Crippen molar-refractivity contribution in [1.82, 2.24) is 10.3 Å². The summed E-state index contributed by atoms with van der Waals surface area (Å²) in [5.41, 5.74) is -0.651. The van der Waals surface area contributed by atoms with Crippen molar-refractivity contribution in [3.8, 4) is 0 Å². The molecule has 0 spiro atoms. The number of nitrogens with zero attached hydrogens (tertiary/aromatic N) is 1. The van der Waals surface area contributed by atoms with Crippen LogP contribution < -0.4 is 5.32 Å². The number of pyridine rings is 1. The number of rotatable bonds is 5. The maximum atomic E-state index is 12.8. The Balaban J connectivity index is 2.05. The Kier molecular flexibility index (Phi) is 5.26. The molecular formula is C18H19F3N2O. The molecule has 3 nitrogen and oxygen atoms in total. The lowest BCUT2D eigenvalue weighted by atomic mass is 9.83. The van der Waals surface area contributed by atoms with E-state index in [4.69, 9.17) is 0 Å². The van der Waals surface area contributed by atoms with Gasteiger partial charge < -0.3 is 5.32 Å². The molecule has 1 aromatic heterocycles. The van der Waals surface area contributed by atoms with Crippen molar-refractivity contribution < 1.29 is 18.0 Å². The summed E-state index contributed by atoms with van der Waals surface area (Å²) >= 11 is 0. The van der Waals surface area contributed by atoms with Crippen molar-refractivity contribution >= 4 is 5.91 Å². The zero-order chi connectivity index (χ0) is 17.8. The van der Waals surface area contributed by atoms with Crippen LogP contribution in [-0.2, 0) is 22.8 Å². The molecule has 1 aromatic carbocycles. The van der Waals surface area contributed by atoms with Crippen molar-refractivity contribution in [3.63, 3.8) is 0 Å². The van der Waals surface area contributed by atoms with Crippen LogP contribution in [0, 0.1) is 0 Å². The van der Waals surface area contributed by atoms with Gasteiger partial charge in [-0.2, -0.15) is 13.2 Å². The van der Waals surface area contributed by atoms with Crippen LogP contribution in [0.3, 0.4) is 0 Å². The van der Waals surface area contributed by atoms with Gasteiger partial charge in [-0.3, -0.25) is 9.78 Å². The number of amides is 1. The van der Waals surface area contributed by atoms with E-state index >= 15 is 0 Å². The van der Waals surface area contributed by atoms with Gasteiger partial charge in [0.15, 0.2) is 0 Å². The second-order valence-electron chi connectivity index (χ2n) is 6.03. The van der Waals surface area contributed by atoms with Gasteiger partial charge in [-0.25, -0.2) is 0 Å². The number of aromatic nitrogens is 1. The van der Waals surface area contributed by atoms with E-state index in [1.807, 2.05) is 12.1 Å². The lowest BCUT2D eigenvalue weighted by Gasteiger charge is -2.25. The van der Waals surface area contributed by atoms with Crippen LogP contribution in [0.4, 0.5) is 13.2 Å². The summed E-state index contributed by atoms with van der Waals surface area (Å²) in [4.78, 5) is 16.6. The van der Waals surface area contributed by atoms with Gasteiger partial charge in [-0.15, -0.1) is 0 Å². The van der Waals surface area contributed by atoms with Crippen molar-refractivity contribution in [1.29, 1.82) is 0 Å². The van der Waals surface area contributed by atoms with Crippen molar-refractivity contribution in [2.24, 2.45) is 0 Å². The molecule has 0 saturated carbocycles. The number of nitrogens with one attached hydrogen (secondary N) is 1. The minimum atomic E-state index is -4.43. The highest BCUT2D eigenvalue weighted by Crippen LogP contribution is 2.32. The maximum absolute atomic E-state index is 12.8. The summed E-state index contributed by atoms with van der Waals surface area (Å²) in [5, 5.41) is 2.77. The summed E-state index contributed by atoms with van der Waals surface area (Å²) in [6.45, 7) is 3.59. The number of carbonyl (C=O) groups excluding carboxylic acids is 1. The minimum Gasteiger partial charge on any atom is -0.355 e. The zero-order valence-corrected chi connectivity index (χ0v) is 13.5. The topological polar surface area (TPSA) is 42.0 Å². The summed E-state index contributed by atoms with van der Waals surface area (Å²) in [6, 6.07) is 10.4. The molecule has 128 valence electrons. The van der Waals surface area contributed by atoms with Gasteiger partial charge in [0.05, 0.1) is 11.0 Å². The quantitative estimate of drug-likeness (QED) is 0.904. The Morgan fingerprint density at radius 2 is 1.79 bits per heavy atom. The van der Waals surface area contributed by atoms with Crippen LogP contribution in [0.25, 0.3) is 0 Å². The van der Waals surface area contributed by atoms with Crippen molar-refractivity contribution in [2.45, 2.75) is 31.9 Å². The third kappa shape index (κ3) is 4.34. The first-order chi connectivity index (χ1) is 11.2. The number of hydrogen-bond acceptors (Lipinski definition) is 2. The Morgan fingerprint density at radius 1 is 1.08 bits per heavy atom. The highest BCUT2D eigenvalue weighted by atomic mass is 19.4. The van der Waals surface area contributed by atoms with Gasteiger partial charge in [0, 0.05) is 24.9 Å². The number of benzene rings is 1. The van der Waals surface area contributed by atoms with E-state index in [1.54, 1.807) is 26.1 Å². The zero-order valence-electron chi connectivity index (χ0n) is 13.5. The predicted molar refractivity (Wildman–Crippen MR) is 85.4 cm³/mol. The molecule has 0 fully saturated rings. The van der Waals surface area contributed by atoms with Gasteiger partial charge in [0.1, 0.15) is 0 Å². The number of carbonyl (C=O) groups is 1. The Bertz CT molecular complexity index is 697. The van der Waals surface area contributed by atoms with Gasteiger partial charge >= 0.3 is 6.18 Å². The SMILES string of the molecule is CC(C)(C(=O)NCCc1ccccn1)c1cccc(C(F)(F)F)c1. The molecule has 24 heavy (non-hydrogen) atoms. The second kappa shape index (κ2) is 7.03. The fourth-order valence-corrected chi connectivity index (χ4v) is 2.29. The summed E-state index contributed by atoms with van der Waals surface area (Å²) in [5.74, 6) is -0.322. The number of alkyl halides is 3. The molecule has 6 heteroatoms. The van der Waals surface area contributed by atoms with Crippen LogP contribution in [0.5, 0.6) is 0 Å². The lowest BCUT2D eigenvalue weighted by molar-refractivity contribution is -0.137. The molecule has 0 aliphatic heterocycles. The average molecular weight is 336 g/mol. The highest BCUT2D eigenvalue weighted by Gasteiger charge is 2.34. The largest absolute Gasteiger partial charge is 0.416 e. The summed E-state index contributed by atoms with van der Waals surface area (Å²) in [7, 11) is 0. The Labute approximate surface area is 138 Å². The van der Waals surface area contributed by atoms with Gasteiger partial charge in [0.2, 0.25) is 5.91 Å². The Hall–Kier alpha value is -2.37. The molecule has 2 rings (SSSR count). The molecule has 0 atom stereocenters. The first kappa shape index (κ1) is 18.0. The average Bonchev–Trinajstić information content (AvgIpc) is 2.55. The number of halogens is 3. The van der Waals surface area contributed by atoms with E-state index in [0.717, 1.165) is 17.8 Å². The van der Waals surface area contributed by atoms with E-state index in [1.165, 1.54) is 12.1 Å². The van der Waals surface area contributed by atoms with Gasteiger partial charge in [-0.05, 0) is 37.6 Å². The van der Waals surface area contributed by atoms with Crippen LogP contribution in [-0.4, -0.2) is 17.4 Å². The first-order valence-electron chi connectivity index (χ1n) is 7.57. The summed E-state index contributed by atoms with van der Waals surface area (Å²) < 4.78 is 38.5. The molecule has 1 amide bonds. The van der Waals surface area contributed by atoms with E-state index < -0.39 is 17.2 Å². The molecule has 0 radical (unpaired) electrons. The smallest absolute Gasteiger partial charge is 0.355 e. The van der Waals surface area contributed by atoms with Gasteiger partial charge in [0.25, 0.3) is 0 Å². The second-order valence-corrected chi connectivity index (χ2v) is 6.03. The van der Waals surface area contributed by atoms with E-state index in [9.17, 15) is 18.0 Å². The third-order valence-electron chi connectivity index (χ3n) is 3.87. The maximum Gasteiger partial charge on any atom is 0.416 e. The molecular weight excluding hydrogens is 317 g/mol. The monoisotopic (exact) mass is 336 g/mol. The molecule has 0 aliphatic rings.